The van der Waals surface area contributed by atoms with Crippen molar-refractivity contribution in [1.82, 2.24) is 24.8 Å². The van der Waals surface area contributed by atoms with Crippen LogP contribution in [0.3, 0.4) is 0 Å². The van der Waals surface area contributed by atoms with Crippen LogP contribution in [0, 0.1) is 25.2 Å². The van der Waals surface area contributed by atoms with Gasteiger partial charge in [0, 0.05) is 31.7 Å². The molecule has 1 spiro atoms. The van der Waals surface area contributed by atoms with E-state index in [-0.39, 0.29) is 48.8 Å². The van der Waals surface area contributed by atoms with Gasteiger partial charge >= 0.3 is 0 Å². The van der Waals surface area contributed by atoms with Gasteiger partial charge in [0.2, 0.25) is 11.8 Å². The predicted octanol–water partition coefficient (Wildman–Crippen LogP) is 6.96. The van der Waals surface area contributed by atoms with Crippen molar-refractivity contribution in [3.05, 3.63) is 83.3 Å². The molecule has 1 unspecified atom stereocenters. The molecule has 3 heterocycles. The number of amides is 1. The van der Waals surface area contributed by atoms with Gasteiger partial charge in [-0.2, -0.15) is 4.98 Å². The van der Waals surface area contributed by atoms with Gasteiger partial charge in [0.15, 0.2) is 0 Å². The second-order valence-electron chi connectivity index (χ2n) is 15.1. The second kappa shape index (κ2) is 13.2. The van der Waals surface area contributed by atoms with Crippen molar-refractivity contribution in [2.24, 2.45) is 11.3 Å². The molecule has 1 amide bonds. The molecule has 12 heteroatoms. The number of ether oxygens (including phenoxy) is 1. The molecule has 4 aromatic rings. The van der Waals surface area contributed by atoms with Crippen LogP contribution in [0.4, 0.5) is 11.8 Å². The summed E-state index contributed by atoms with van der Waals surface area (Å²) in [6, 6.07) is 14.0. The lowest BCUT2D eigenvalue weighted by Gasteiger charge is -2.55. The van der Waals surface area contributed by atoms with Gasteiger partial charge in [0.25, 0.3) is 15.9 Å². The van der Waals surface area contributed by atoms with Gasteiger partial charge in [0.05, 0.1) is 41.3 Å². The highest BCUT2D eigenvalue weighted by Crippen LogP contribution is 2.59. The topological polar surface area (TPSA) is 131 Å². The summed E-state index contributed by atoms with van der Waals surface area (Å²) >= 11 is 0. The molecule has 3 saturated carbocycles. The van der Waals surface area contributed by atoms with Gasteiger partial charge in [-0.3, -0.25) is 9.78 Å². The van der Waals surface area contributed by atoms with Crippen LogP contribution >= 0.6 is 0 Å². The van der Waals surface area contributed by atoms with Crippen molar-refractivity contribution in [1.29, 1.82) is 0 Å². The minimum Gasteiger partial charge on any atom is -0.475 e. The highest BCUT2D eigenvalue weighted by molar-refractivity contribution is 7.92. The smallest absolute Gasteiger partial charge is 0.264 e. The Morgan fingerprint density at radius 1 is 1.00 bits per heavy atom. The Morgan fingerprint density at radius 3 is 2.47 bits per heavy atom. The lowest BCUT2D eigenvalue weighted by molar-refractivity contribution is -0.0405. The standard InChI is InChI=1S/C39H45N7O4S.H2/c1-25-8-4-9-26(2)36(25)33-18-35-43-38(42-33)44-51(48,49)32-13-5-10-28(17-32)37(47)46(31(24-50-35)16-27-19-39(20-27)14-7-15-39)23-29-21-40-22-34(41-29)45(3)30-11-6-12-30;/h4-5,8-10,13,17-18,21-22,27,30-31H,6-7,11-12,14-16,19-20,23-24H2,1-3H3,(H,42,43,44);1H. The minimum absolute atomic E-state index is 0. The van der Waals surface area contributed by atoms with Crippen LogP contribution in [-0.2, 0) is 16.6 Å². The zero-order valence-corrected chi connectivity index (χ0v) is 30.3. The normalized spacial score (nSPS) is 21.1. The Kier molecular flexibility index (Phi) is 8.68. The summed E-state index contributed by atoms with van der Waals surface area (Å²) in [4.78, 5) is 37.3. The Morgan fingerprint density at radius 2 is 1.76 bits per heavy atom. The number of carbonyl (C=O) groups excluding carboxylic acids is 1. The SMILES string of the molecule is Cc1cccc(C)c1-c1cc2nc(n1)NS(=O)(=O)c1cccc(c1)C(=O)N(Cc1cncc(N(C)C3CCC3)n1)C(CC1CC3(CCC3)C1)CO2.[HH]. The predicted molar refractivity (Wildman–Crippen MR) is 197 cm³/mol. The molecule has 4 bridgehead atoms. The lowest BCUT2D eigenvalue weighted by Crippen LogP contribution is -2.49. The van der Waals surface area contributed by atoms with E-state index in [1.54, 1.807) is 30.6 Å². The van der Waals surface area contributed by atoms with E-state index in [1.165, 1.54) is 37.8 Å². The third-order valence-electron chi connectivity index (χ3n) is 11.6. The number of carbonyl (C=O) groups is 1. The highest BCUT2D eigenvalue weighted by Gasteiger charge is 2.49. The first kappa shape index (κ1) is 33.6. The van der Waals surface area contributed by atoms with Gasteiger partial charge in [-0.1, -0.05) is 30.7 Å². The fraction of sp³-hybridized carbons (Fsp3) is 0.462. The average Bonchev–Trinajstić information content (AvgIpc) is 3.04. The molecule has 0 radical (unpaired) electrons. The number of nitrogens with one attached hydrogen (secondary N) is 1. The molecule has 11 nitrogen and oxygen atoms in total. The maximum atomic E-state index is 14.7. The summed E-state index contributed by atoms with van der Waals surface area (Å²) in [6.45, 7) is 4.36. The van der Waals surface area contributed by atoms with E-state index in [0.717, 1.165) is 54.6 Å². The van der Waals surface area contributed by atoms with E-state index in [0.29, 0.717) is 28.8 Å². The number of anilines is 2. The van der Waals surface area contributed by atoms with Crippen LogP contribution in [0.1, 0.15) is 86.4 Å². The number of benzene rings is 2. The second-order valence-corrected chi connectivity index (χ2v) is 16.8. The van der Waals surface area contributed by atoms with Crippen molar-refractivity contribution in [3.8, 4) is 17.1 Å². The van der Waals surface area contributed by atoms with Gasteiger partial charge in [0.1, 0.15) is 12.4 Å². The van der Waals surface area contributed by atoms with Crippen LogP contribution in [0.2, 0.25) is 0 Å². The fourth-order valence-electron chi connectivity index (χ4n) is 8.44. The van der Waals surface area contributed by atoms with E-state index in [9.17, 15) is 13.2 Å². The van der Waals surface area contributed by atoms with Crippen molar-refractivity contribution in [2.45, 2.75) is 95.2 Å². The Bertz CT molecular complexity index is 2060. The number of hydrogen-bond donors (Lipinski definition) is 1. The summed E-state index contributed by atoms with van der Waals surface area (Å²) in [5.41, 5.74) is 4.82. The minimum atomic E-state index is -4.16. The summed E-state index contributed by atoms with van der Waals surface area (Å²) < 4.78 is 36.7. The first-order valence-corrected chi connectivity index (χ1v) is 19.6. The molecule has 4 aliphatic rings. The maximum absolute atomic E-state index is 14.7. The van der Waals surface area contributed by atoms with Crippen LogP contribution in [-0.4, -0.2) is 64.9 Å². The molecule has 1 atom stereocenters. The van der Waals surface area contributed by atoms with E-state index in [4.69, 9.17) is 9.72 Å². The van der Waals surface area contributed by atoms with Gasteiger partial charge in [-0.05, 0) is 106 Å². The Balaban J connectivity index is 0.00000420. The molecule has 2 aromatic carbocycles. The zero-order valence-electron chi connectivity index (χ0n) is 29.5. The van der Waals surface area contributed by atoms with Crippen molar-refractivity contribution in [2.75, 3.05) is 23.3 Å². The summed E-state index contributed by atoms with van der Waals surface area (Å²) in [6.07, 6.45) is 13.9. The molecule has 268 valence electrons. The Hall–Kier alpha value is -4.58. The third-order valence-corrected chi connectivity index (χ3v) is 13.0. The number of aromatic nitrogens is 4. The first-order valence-electron chi connectivity index (χ1n) is 18.1. The van der Waals surface area contributed by atoms with Crippen LogP contribution in [0.25, 0.3) is 11.3 Å². The third kappa shape index (κ3) is 6.66. The maximum Gasteiger partial charge on any atom is 0.264 e. The molecular weight excluding hydrogens is 663 g/mol. The molecule has 1 N–H and O–H groups in total. The van der Waals surface area contributed by atoms with Crippen molar-refractivity contribution in [3.63, 3.8) is 0 Å². The number of aryl methyl sites for hydroxylation is 2. The van der Waals surface area contributed by atoms with E-state index in [1.807, 2.05) is 44.0 Å². The summed E-state index contributed by atoms with van der Waals surface area (Å²) in [7, 11) is -2.11. The molecule has 3 aliphatic carbocycles. The summed E-state index contributed by atoms with van der Waals surface area (Å²) in [5.74, 6) is 1.08. The number of nitrogens with zero attached hydrogens (tertiary/aromatic N) is 6. The van der Waals surface area contributed by atoms with Gasteiger partial charge < -0.3 is 14.5 Å². The monoisotopic (exact) mass is 709 g/mol. The van der Waals surface area contributed by atoms with E-state index in [2.05, 4.69) is 24.6 Å². The van der Waals surface area contributed by atoms with Crippen molar-refractivity contribution >= 4 is 27.7 Å². The number of rotatable bonds is 7. The molecule has 3 fully saturated rings. The molecule has 51 heavy (non-hydrogen) atoms. The average molecular weight is 710 g/mol. The fourth-order valence-corrected chi connectivity index (χ4v) is 9.43. The van der Waals surface area contributed by atoms with E-state index < -0.39 is 10.0 Å². The van der Waals surface area contributed by atoms with Crippen LogP contribution < -0.4 is 14.4 Å². The van der Waals surface area contributed by atoms with E-state index >= 15 is 0 Å². The molecule has 2 aromatic heterocycles. The quantitative estimate of drug-likeness (QED) is 0.216. The van der Waals surface area contributed by atoms with Crippen LogP contribution in [0.5, 0.6) is 5.88 Å². The van der Waals surface area contributed by atoms with Gasteiger partial charge in [-0.25, -0.2) is 23.1 Å². The zero-order chi connectivity index (χ0) is 35.3. The number of fused-ring (bicyclic) bond motifs is 4. The molecule has 1 aliphatic heterocycles. The molecule has 0 saturated heterocycles. The van der Waals surface area contributed by atoms with Crippen molar-refractivity contribution < 1.29 is 19.4 Å². The van der Waals surface area contributed by atoms with Crippen LogP contribution in [0.15, 0.2) is 65.8 Å². The Labute approximate surface area is 301 Å². The summed E-state index contributed by atoms with van der Waals surface area (Å²) in [5, 5.41) is 0. The first-order chi connectivity index (χ1) is 24.6. The van der Waals surface area contributed by atoms with Gasteiger partial charge in [-0.15, -0.1) is 0 Å². The molecule has 8 rings (SSSR count). The number of hydrogen-bond acceptors (Lipinski definition) is 9. The molecular formula is C39H47N7O4S. The largest absolute Gasteiger partial charge is 0.475 e. The lowest BCUT2D eigenvalue weighted by atomic mass is 9.51. The number of sulfonamides is 1. The highest BCUT2D eigenvalue weighted by atomic mass is 32.2.